The highest BCUT2D eigenvalue weighted by Crippen LogP contribution is 2.23. The fraction of sp³-hybridized carbons (Fsp3) is 0.400. The standard InChI is InChI=1S/C10H16IN3/c1-13-5-6-14(2)10-4-3-8(11)7-9(10)12/h3-4,7,13H,5-6,12H2,1-2H3. The van der Waals surface area contributed by atoms with E-state index in [2.05, 4.69) is 52.0 Å². The molecule has 1 aromatic rings. The largest absolute Gasteiger partial charge is 0.397 e. The third kappa shape index (κ3) is 3.02. The van der Waals surface area contributed by atoms with Crippen molar-refractivity contribution < 1.29 is 0 Å². The summed E-state index contributed by atoms with van der Waals surface area (Å²) in [7, 11) is 4.00. The molecule has 0 heterocycles. The Kier molecular flexibility index (Phi) is 4.47. The number of nitrogen functional groups attached to an aromatic ring is 1. The van der Waals surface area contributed by atoms with Gasteiger partial charge in [0, 0.05) is 23.7 Å². The van der Waals surface area contributed by atoms with Crippen molar-refractivity contribution in [2.24, 2.45) is 0 Å². The summed E-state index contributed by atoms with van der Waals surface area (Å²) in [4.78, 5) is 2.15. The molecular formula is C10H16IN3. The molecule has 0 aromatic heterocycles. The fourth-order valence-corrected chi connectivity index (χ4v) is 1.79. The molecule has 0 unspecified atom stereocenters. The summed E-state index contributed by atoms with van der Waals surface area (Å²) in [5.41, 5.74) is 7.87. The molecular weight excluding hydrogens is 289 g/mol. The van der Waals surface area contributed by atoms with Crippen molar-refractivity contribution in [1.82, 2.24) is 5.32 Å². The predicted molar refractivity (Wildman–Crippen MR) is 70.8 cm³/mol. The number of nitrogens with zero attached hydrogens (tertiary/aromatic N) is 1. The maximum atomic E-state index is 5.93. The maximum Gasteiger partial charge on any atom is 0.0598 e. The summed E-state index contributed by atoms with van der Waals surface area (Å²) in [5, 5.41) is 3.12. The van der Waals surface area contributed by atoms with Gasteiger partial charge in [0.05, 0.1) is 11.4 Å². The number of nitrogens with two attached hydrogens (primary N) is 1. The van der Waals surface area contributed by atoms with Crippen LogP contribution in [0.5, 0.6) is 0 Å². The minimum Gasteiger partial charge on any atom is -0.397 e. The van der Waals surface area contributed by atoms with Gasteiger partial charge in [-0.05, 0) is 47.8 Å². The number of benzene rings is 1. The van der Waals surface area contributed by atoms with Crippen LogP contribution in [-0.4, -0.2) is 27.2 Å². The number of anilines is 2. The highest BCUT2D eigenvalue weighted by Gasteiger charge is 2.04. The molecule has 0 aliphatic rings. The summed E-state index contributed by atoms with van der Waals surface area (Å²) in [6.45, 7) is 1.92. The van der Waals surface area contributed by atoms with Crippen molar-refractivity contribution in [3.8, 4) is 0 Å². The van der Waals surface area contributed by atoms with Crippen LogP contribution in [-0.2, 0) is 0 Å². The number of likely N-dealkylation sites (N-methyl/N-ethyl adjacent to an activating group) is 2. The maximum absolute atomic E-state index is 5.93. The zero-order chi connectivity index (χ0) is 10.6. The Bertz CT molecular complexity index is 301. The Hall–Kier alpha value is -0.490. The number of hydrogen-bond acceptors (Lipinski definition) is 3. The second-order valence-electron chi connectivity index (χ2n) is 3.23. The minimum absolute atomic E-state index is 0.843. The summed E-state index contributed by atoms with van der Waals surface area (Å²) < 4.78 is 1.17. The van der Waals surface area contributed by atoms with E-state index >= 15 is 0 Å². The first-order chi connectivity index (χ1) is 6.65. The van der Waals surface area contributed by atoms with E-state index in [1.165, 1.54) is 3.57 Å². The zero-order valence-electron chi connectivity index (χ0n) is 8.55. The number of hydrogen-bond donors (Lipinski definition) is 2. The Morgan fingerprint density at radius 3 is 2.79 bits per heavy atom. The quantitative estimate of drug-likeness (QED) is 0.655. The molecule has 0 fully saturated rings. The molecule has 1 aromatic carbocycles. The summed E-state index contributed by atoms with van der Waals surface area (Å²) in [6.07, 6.45) is 0. The van der Waals surface area contributed by atoms with E-state index in [1.807, 2.05) is 13.1 Å². The van der Waals surface area contributed by atoms with Crippen LogP contribution >= 0.6 is 22.6 Å². The van der Waals surface area contributed by atoms with Crippen LogP contribution in [0.4, 0.5) is 11.4 Å². The summed E-state index contributed by atoms with van der Waals surface area (Å²) in [6, 6.07) is 6.13. The molecule has 0 spiro atoms. The van der Waals surface area contributed by atoms with Gasteiger partial charge in [0.1, 0.15) is 0 Å². The van der Waals surface area contributed by atoms with Crippen LogP contribution in [0.3, 0.4) is 0 Å². The highest BCUT2D eigenvalue weighted by atomic mass is 127. The predicted octanol–water partition coefficient (Wildman–Crippen LogP) is 1.53. The average Bonchev–Trinajstić information content (AvgIpc) is 2.14. The molecule has 3 nitrogen and oxygen atoms in total. The van der Waals surface area contributed by atoms with Gasteiger partial charge in [0.25, 0.3) is 0 Å². The molecule has 78 valence electrons. The van der Waals surface area contributed by atoms with E-state index in [9.17, 15) is 0 Å². The fourth-order valence-electron chi connectivity index (χ4n) is 1.27. The number of rotatable bonds is 4. The van der Waals surface area contributed by atoms with E-state index in [0.29, 0.717) is 0 Å². The number of halogens is 1. The van der Waals surface area contributed by atoms with Gasteiger partial charge in [0.15, 0.2) is 0 Å². The monoisotopic (exact) mass is 305 g/mol. The van der Waals surface area contributed by atoms with Crippen molar-refractivity contribution in [2.75, 3.05) is 37.8 Å². The van der Waals surface area contributed by atoms with Gasteiger partial charge in [-0.15, -0.1) is 0 Å². The second-order valence-corrected chi connectivity index (χ2v) is 4.47. The Morgan fingerprint density at radius 2 is 2.21 bits per heavy atom. The first-order valence-electron chi connectivity index (χ1n) is 4.56. The molecule has 0 radical (unpaired) electrons. The lowest BCUT2D eigenvalue weighted by Gasteiger charge is -2.20. The Labute approximate surface area is 98.8 Å². The smallest absolute Gasteiger partial charge is 0.0598 e. The lowest BCUT2D eigenvalue weighted by molar-refractivity contribution is 0.768. The van der Waals surface area contributed by atoms with Gasteiger partial charge < -0.3 is 16.0 Å². The van der Waals surface area contributed by atoms with Crippen LogP contribution in [0, 0.1) is 3.57 Å². The normalized spacial score (nSPS) is 10.2. The zero-order valence-corrected chi connectivity index (χ0v) is 10.7. The summed E-state index contributed by atoms with van der Waals surface area (Å²) in [5.74, 6) is 0. The van der Waals surface area contributed by atoms with Gasteiger partial charge in [-0.3, -0.25) is 0 Å². The van der Waals surface area contributed by atoms with Crippen molar-refractivity contribution in [2.45, 2.75) is 0 Å². The number of nitrogens with one attached hydrogen (secondary N) is 1. The molecule has 0 bridgehead atoms. The second kappa shape index (κ2) is 5.41. The highest BCUT2D eigenvalue weighted by molar-refractivity contribution is 14.1. The Balaban J connectivity index is 2.74. The third-order valence-electron chi connectivity index (χ3n) is 2.10. The van der Waals surface area contributed by atoms with Crippen LogP contribution in [0.1, 0.15) is 0 Å². The van der Waals surface area contributed by atoms with E-state index in [1.54, 1.807) is 0 Å². The molecule has 0 aliphatic carbocycles. The van der Waals surface area contributed by atoms with Crippen LogP contribution in [0.15, 0.2) is 18.2 Å². The van der Waals surface area contributed by atoms with Crippen LogP contribution < -0.4 is 16.0 Å². The topological polar surface area (TPSA) is 41.3 Å². The Morgan fingerprint density at radius 1 is 1.50 bits per heavy atom. The molecule has 3 N–H and O–H groups in total. The molecule has 0 saturated carbocycles. The molecule has 0 saturated heterocycles. The van der Waals surface area contributed by atoms with Gasteiger partial charge in [-0.25, -0.2) is 0 Å². The lowest BCUT2D eigenvalue weighted by atomic mass is 10.2. The van der Waals surface area contributed by atoms with Crippen LogP contribution in [0.2, 0.25) is 0 Å². The van der Waals surface area contributed by atoms with E-state index in [0.717, 1.165) is 24.5 Å². The van der Waals surface area contributed by atoms with E-state index < -0.39 is 0 Å². The van der Waals surface area contributed by atoms with Gasteiger partial charge in [-0.1, -0.05) is 0 Å². The minimum atomic E-state index is 0.843. The van der Waals surface area contributed by atoms with Gasteiger partial charge in [-0.2, -0.15) is 0 Å². The molecule has 14 heavy (non-hydrogen) atoms. The first kappa shape index (κ1) is 11.6. The third-order valence-corrected chi connectivity index (χ3v) is 2.77. The van der Waals surface area contributed by atoms with Gasteiger partial charge >= 0.3 is 0 Å². The van der Waals surface area contributed by atoms with E-state index in [4.69, 9.17) is 5.73 Å². The average molecular weight is 305 g/mol. The molecule has 1 rings (SSSR count). The molecule has 0 amide bonds. The van der Waals surface area contributed by atoms with Crippen molar-refractivity contribution in [3.05, 3.63) is 21.8 Å². The summed E-state index contributed by atoms with van der Waals surface area (Å²) >= 11 is 2.26. The van der Waals surface area contributed by atoms with Crippen molar-refractivity contribution in [1.29, 1.82) is 0 Å². The van der Waals surface area contributed by atoms with Crippen molar-refractivity contribution >= 4 is 34.0 Å². The molecule has 0 aliphatic heterocycles. The van der Waals surface area contributed by atoms with E-state index in [-0.39, 0.29) is 0 Å². The first-order valence-corrected chi connectivity index (χ1v) is 5.64. The van der Waals surface area contributed by atoms with Crippen LogP contribution in [0.25, 0.3) is 0 Å². The SMILES string of the molecule is CNCCN(C)c1ccc(I)cc1N. The molecule has 4 heteroatoms. The van der Waals surface area contributed by atoms with Gasteiger partial charge in [0.2, 0.25) is 0 Å². The molecule has 0 atom stereocenters. The van der Waals surface area contributed by atoms with Crippen molar-refractivity contribution in [3.63, 3.8) is 0 Å². The lowest BCUT2D eigenvalue weighted by Crippen LogP contribution is -2.27.